The first-order valence-corrected chi connectivity index (χ1v) is 9.32. The monoisotopic (exact) mass is 428 g/mol. The second kappa shape index (κ2) is 8.90. The third-order valence-corrected chi connectivity index (χ3v) is 4.35. The molecule has 0 amide bonds. The molecule has 2 heterocycles. The maximum Gasteiger partial charge on any atom is 0.236 e. The molecule has 4 aromatic rings. The van der Waals surface area contributed by atoms with Crippen LogP contribution in [-0.2, 0) is 0 Å². The molecule has 10 nitrogen and oxygen atoms in total. The molecule has 0 aliphatic rings. The summed E-state index contributed by atoms with van der Waals surface area (Å²) in [5.74, 6) is 6.34. The molecule has 6 N–H and O–H groups in total. The molecule has 32 heavy (non-hydrogen) atoms. The zero-order chi connectivity index (χ0) is 22.5. The number of nitrogens with one attached hydrogen (secondary N) is 2. The average Bonchev–Trinajstić information content (AvgIpc) is 2.80. The van der Waals surface area contributed by atoms with Crippen molar-refractivity contribution in [2.75, 3.05) is 21.4 Å². The Kier molecular flexibility index (Phi) is 5.69. The number of hydrazine groups is 1. The molecule has 0 aliphatic heterocycles. The first-order chi connectivity index (χ1) is 15.5. The maximum atomic E-state index is 13.6. The molecule has 0 bridgehead atoms. The van der Waals surface area contributed by atoms with E-state index in [1.165, 1.54) is 29.4 Å². The smallest absolute Gasteiger partial charge is 0.236 e. The lowest BCUT2D eigenvalue weighted by Gasteiger charge is -2.20. The largest absolute Gasteiger partial charge is 0.394 e. The number of anilines is 6. The molecule has 0 aliphatic carbocycles. The molecule has 0 fully saturated rings. The predicted octanol–water partition coefficient (Wildman–Crippen LogP) is 3.30. The molecule has 0 spiro atoms. The molecule has 0 radical (unpaired) electrons. The van der Waals surface area contributed by atoms with E-state index in [1.54, 1.807) is 24.5 Å². The van der Waals surface area contributed by atoms with Crippen LogP contribution in [0.4, 0.5) is 39.2 Å². The van der Waals surface area contributed by atoms with Crippen molar-refractivity contribution in [2.45, 2.75) is 0 Å². The maximum absolute atomic E-state index is 13.6. The van der Waals surface area contributed by atoms with E-state index in [-0.39, 0.29) is 23.4 Å². The molecule has 4 rings (SSSR count). The highest BCUT2D eigenvalue weighted by Gasteiger charge is 2.13. The molecule has 2 aromatic carbocycles. The molecular formula is C21H17FN10. The Balaban J connectivity index is 1.60. The highest BCUT2D eigenvalue weighted by molar-refractivity contribution is 5.72. The van der Waals surface area contributed by atoms with Crippen LogP contribution in [0, 0.1) is 17.3 Å². The quantitative estimate of drug-likeness (QED) is 0.156. The van der Waals surface area contributed by atoms with Crippen molar-refractivity contribution in [3.05, 3.63) is 72.8 Å². The topological polar surface area (TPSA) is 155 Å². The molecular weight excluding hydrogens is 411 g/mol. The van der Waals surface area contributed by atoms with Crippen LogP contribution in [0.1, 0.15) is 0 Å². The molecule has 0 atom stereocenters. The van der Waals surface area contributed by atoms with E-state index in [0.717, 1.165) is 5.56 Å². The first-order valence-electron chi connectivity index (χ1n) is 9.32. The number of nitrogens with zero attached hydrogens (tertiary/aromatic N) is 6. The summed E-state index contributed by atoms with van der Waals surface area (Å²) in [7, 11) is 0. The minimum Gasteiger partial charge on any atom is -0.394 e. The highest BCUT2D eigenvalue weighted by atomic mass is 19.1. The summed E-state index contributed by atoms with van der Waals surface area (Å²) in [4.78, 5) is 16.8. The van der Waals surface area contributed by atoms with Crippen molar-refractivity contribution in [3.63, 3.8) is 0 Å². The number of nitriles is 1. The van der Waals surface area contributed by atoms with Gasteiger partial charge in [-0.1, -0.05) is 18.2 Å². The lowest BCUT2D eigenvalue weighted by Crippen LogP contribution is -2.27. The minimum absolute atomic E-state index is 0.204. The molecule has 158 valence electrons. The van der Waals surface area contributed by atoms with Crippen molar-refractivity contribution in [1.29, 1.82) is 5.26 Å². The van der Waals surface area contributed by atoms with Crippen LogP contribution in [0.3, 0.4) is 0 Å². The first kappa shape index (κ1) is 20.5. The van der Waals surface area contributed by atoms with E-state index in [2.05, 4.69) is 30.6 Å². The summed E-state index contributed by atoms with van der Waals surface area (Å²) in [5.41, 5.74) is 8.69. The number of nitrogens with two attached hydrogens (primary N) is 2. The van der Waals surface area contributed by atoms with Crippen LogP contribution in [-0.4, -0.2) is 19.9 Å². The van der Waals surface area contributed by atoms with Crippen molar-refractivity contribution < 1.29 is 4.39 Å². The minimum atomic E-state index is -0.432. The van der Waals surface area contributed by atoms with E-state index >= 15 is 0 Å². The van der Waals surface area contributed by atoms with Gasteiger partial charge in [-0.05, 0) is 36.4 Å². The molecule has 2 aromatic heterocycles. The van der Waals surface area contributed by atoms with Crippen LogP contribution in [0.5, 0.6) is 0 Å². The summed E-state index contributed by atoms with van der Waals surface area (Å²) in [6.07, 6.45) is 4.76. The van der Waals surface area contributed by atoms with Crippen LogP contribution in [0.2, 0.25) is 0 Å². The van der Waals surface area contributed by atoms with Crippen molar-refractivity contribution in [1.82, 2.24) is 19.9 Å². The predicted molar refractivity (Wildman–Crippen MR) is 119 cm³/mol. The van der Waals surface area contributed by atoms with Crippen LogP contribution in [0.25, 0.3) is 11.3 Å². The van der Waals surface area contributed by atoms with E-state index in [0.29, 0.717) is 17.1 Å². The Morgan fingerprint density at radius 1 is 1.00 bits per heavy atom. The van der Waals surface area contributed by atoms with Crippen molar-refractivity contribution in [2.24, 2.45) is 5.84 Å². The van der Waals surface area contributed by atoms with Gasteiger partial charge in [0.1, 0.15) is 5.82 Å². The van der Waals surface area contributed by atoms with Gasteiger partial charge in [0.2, 0.25) is 11.9 Å². The zero-order valence-corrected chi connectivity index (χ0v) is 16.6. The Bertz CT molecular complexity index is 1300. The zero-order valence-electron chi connectivity index (χ0n) is 16.6. The van der Waals surface area contributed by atoms with E-state index in [9.17, 15) is 4.39 Å². The van der Waals surface area contributed by atoms with Gasteiger partial charge in [-0.2, -0.15) is 10.2 Å². The van der Waals surface area contributed by atoms with Crippen LogP contribution >= 0.6 is 0 Å². The fourth-order valence-electron chi connectivity index (χ4n) is 2.90. The lowest BCUT2D eigenvalue weighted by molar-refractivity contribution is 0.627. The van der Waals surface area contributed by atoms with Gasteiger partial charge in [-0.25, -0.2) is 25.2 Å². The van der Waals surface area contributed by atoms with Crippen molar-refractivity contribution in [3.8, 4) is 17.5 Å². The van der Waals surface area contributed by atoms with Gasteiger partial charge in [0, 0.05) is 17.4 Å². The number of aromatic nitrogens is 4. The Morgan fingerprint density at radius 3 is 2.66 bits per heavy atom. The number of hydrogen-bond donors (Lipinski definition) is 4. The van der Waals surface area contributed by atoms with Gasteiger partial charge in [0.25, 0.3) is 0 Å². The fourth-order valence-corrected chi connectivity index (χ4v) is 2.90. The van der Waals surface area contributed by atoms with Gasteiger partial charge < -0.3 is 11.1 Å². The molecule has 11 heteroatoms. The number of hydrogen-bond acceptors (Lipinski definition) is 10. The average molecular weight is 428 g/mol. The lowest BCUT2D eigenvalue weighted by atomic mass is 10.1. The van der Waals surface area contributed by atoms with E-state index < -0.39 is 5.82 Å². The summed E-state index contributed by atoms with van der Waals surface area (Å²) in [5, 5.41) is 15.4. The SMILES string of the molecule is N#CNc1nccc(-c2cccc(Nc3ncc(N)c(N(N)c4cccc(F)c4)n3)c2)n1. The van der Waals surface area contributed by atoms with Gasteiger partial charge in [0.05, 0.1) is 23.3 Å². The van der Waals surface area contributed by atoms with Gasteiger partial charge >= 0.3 is 0 Å². The second-order valence-electron chi connectivity index (χ2n) is 6.53. The molecule has 0 saturated carbocycles. The number of halogens is 1. The summed E-state index contributed by atoms with van der Waals surface area (Å²) in [6.45, 7) is 0. The Hall–Kier alpha value is -4.82. The molecule has 0 unspecified atom stereocenters. The number of rotatable bonds is 6. The third kappa shape index (κ3) is 4.50. The highest BCUT2D eigenvalue weighted by Crippen LogP contribution is 2.28. The second-order valence-corrected chi connectivity index (χ2v) is 6.53. The van der Waals surface area contributed by atoms with Gasteiger partial charge in [0.15, 0.2) is 12.0 Å². The normalized spacial score (nSPS) is 10.3. The summed E-state index contributed by atoms with van der Waals surface area (Å²) in [6, 6.07) is 14.9. The molecule has 0 saturated heterocycles. The standard InChI is InChI=1S/C21H17FN10/c22-14-4-2-6-16(10-14)32(25)19-17(24)11-27-21(31-19)29-15-5-1-3-13(9-15)18-7-8-26-20(30-18)28-12-23/h1-11H,24-25H2,(H,26,28,30)(H,27,29,31). The van der Waals surface area contributed by atoms with Crippen molar-refractivity contribution >= 4 is 34.8 Å². The van der Waals surface area contributed by atoms with E-state index in [1.807, 2.05) is 24.3 Å². The third-order valence-electron chi connectivity index (χ3n) is 4.35. The summed E-state index contributed by atoms with van der Waals surface area (Å²) >= 11 is 0. The van der Waals surface area contributed by atoms with Gasteiger partial charge in [-0.15, -0.1) is 0 Å². The van der Waals surface area contributed by atoms with Crippen LogP contribution < -0.4 is 27.2 Å². The summed E-state index contributed by atoms with van der Waals surface area (Å²) < 4.78 is 13.6. The number of benzene rings is 2. The fraction of sp³-hybridized carbons (Fsp3) is 0. The number of nitrogen functional groups attached to an aromatic ring is 1. The van der Waals surface area contributed by atoms with E-state index in [4.69, 9.17) is 16.8 Å². The Morgan fingerprint density at radius 2 is 1.84 bits per heavy atom. The van der Waals surface area contributed by atoms with Crippen LogP contribution in [0.15, 0.2) is 67.0 Å². The van der Waals surface area contributed by atoms with Gasteiger partial charge in [-0.3, -0.25) is 10.3 Å². The Labute approximate surface area is 182 Å².